The zero-order valence-corrected chi connectivity index (χ0v) is 11.4. The van der Waals surface area contributed by atoms with Crippen LogP contribution in [-0.4, -0.2) is 12.6 Å². The monoisotopic (exact) mass is 281 g/mol. The number of rotatable bonds is 4. The molecule has 106 valence electrons. The van der Waals surface area contributed by atoms with Gasteiger partial charge in [0, 0.05) is 5.69 Å². The van der Waals surface area contributed by atoms with Crippen LogP contribution in [0.5, 0.6) is 5.75 Å². The summed E-state index contributed by atoms with van der Waals surface area (Å²) in [5.74, 6) is 0.449. The molecule has 0 saturated carbocycles. The lowest BCUT2D eigenvalue weighted by molar-refractivity contribution is 0.215. The average Bonchev–Trinajstić information content (AvgIpc) is 2.49. The molecule has 0 radical (unpaired) electrons. The molecule has 0 aliphatic carbocycles. The van der Waals surface area contributed by atoms with Crippen LogP contribution in [0, 0.1) is 11.3 Å². The van der Waals surface area contributed by atoms with Crippen LogP contribution in [0.2, 0.25) is 0 Å². The molecule has 0 unspecified atom stereocenters. The Hall–Kier alpha value is -2.84. The number of nitrogens with two attached hydrogens (primary N) is 1. The summed E-state index contributed by atoms with van der Waals surface area (Å²) >= 11 is 0. The number of benzene rings is 2. The van der Waals surface area contributed by atoms with Gasteiger partial charge in [-0.2, -0.15) is 5.26 Å². The van der Waals surface area contributed by atoms with Gasteiger partial charge < -0.3 is 10.5 Å². The summed E-state index contributed by atoms with van der Waals surface area (Å²) in [4.78, 5) is 11.8. The highest BCUT2D eigenvalue weighted by atomic mass is 16.6. The highest BCUT2D eigenvalue weighted by molar-refractivity contribution is 5.86. The largest absolute Gasteiger partial charge is 0.417 e. The Bertz CT molecular complexity index is 660. The molecule has 0 aliphatic heterocycles. The van der Waals surface area contributed by atoms with E-state index in [0.717, 1.165) is 12.0 Å². The third-order valence-electron chi connectivity index (χ3n) is 2.80. The van der Waals surface area contributed by atoms with E-state index >= 15 is 0 Å². The first-order valence-electron chi connectivity index (χ1n) is 6.49. The molecule has 1 amide bonds. The minimum atomic E-state index is -0.600. The summed E-state index contributed by atoms with van der Waals surface area (Å²) in [7, 11) is 0. The predicted octanol–water partition coefficient (Wildman–Crippen LogP) is 2.67. The van der Waals surface area contributed by atoms with Crippen molar-refractivity contribution in [3.63, 3.8) is 0 Å². The van der Waals surface area contributed by atoms with Crippen molar-refractivity contribution < 1.29 is 9.53 Å². The third-order valence-corrected chi connectivity index (χ3v) is 2.80. The Morgan fingerprint density at radius 2 is 2.00 bits per heavy atom. The highest BCUT2D eigenvalue weighted by Gasteiger charge is 2.05. The first-order chi connectivity index (χ1) is 10.2. The van der Waals surface area contributed by atoms with Gasteiger partial charge in [-0.3, -0.25) is 5.32 Å². The fraction of sp³-hybridized carbons (Fsp3) is 0.125. The van der Waals surface area contributed by atoms with Gasteiger partial charge >= 0.3 is 6.09 Å². The quantitative estimate of drug-likeness (QED) is 0.901. The molecule has 0 atom stereocenters. The minimum absolute atomic E-state index is 0.449. The van der Waals surface area contributed by atoms with Crippen LogP contribution in [-0.2, 0) is 6.42 Å². The topological polar surface area (TPSA) is 88.1 Å². The molecule has 0 aliphatic rings. The van der Waals surface area contributed by atoms with Crippen LogP contribution in [0.4, 0.5) is 10.5 Å². The number of carbonyl (C=O) groups is 1. The maximum atomic E-state index is 11.8. The van der Waals surface area contributed by atoms with Gasteiger partial charge in [-0.05, 0) is 48.9 Å². The van der Waals surface area contributed by atoms with Gasteiger partial charge in [-0.15, -0.1) is 0 Å². The van der Waals surface area contributed by atoms with Crippen molar-refractivity contribution in [3.8, 4) is 11.8 Å². The summed E-state index contributed by atoms with van der Waals surface area (Å²) in [6.07, 6.45) is 0.185. The number of nitriles is 1. The standard InChI is InChI=1S/C16H15N3O2/c17-9-8-12-4-6-15(7-5-12)21-16(20)19-14-3-1-2-13(10-14)11-18/h1-7,10H,8-9,17H2,(H,19,20). The van der Waals surface area contributed by atoms with Crippen molar-refractivity contribution in [1.29, 1.82) is 5.26 Å². The van der Waals surface area contributed by atoms with E-state index in [4.69, 9.17) is 15.7 Å². The number of hydrogen-bond acceptors (Lipinski definition) is 4. The number of nitrogens with zero attached hydrogens (tertiary/aromatic N) is 1. The SMILES string of the molecule is N#Cc1cccc(NC(=O)Oc2ccc(CCN)cc2)c1. The van der Waals surface area contributed by atoms with Gasteiger partial charge in [0.15, 0.2) is 0 Å². The normalized spacial score (nSPS) is 9.71. The van der Waals surface area contributed by atoms with Gasteiger partial charge in [0.2, 0.25) is 0 Å². The molecule has 0 spiro atoms. The van der Waals surface area contributed by atoms with Crippen molar-refractivity contribution in [2.75, 3.05) is 11.9 Å². The Balaban J connectivity index is 1.96. The molecule has 5 heteroatoms. The molecule has 0 heterocycles. The Morgan fingerprint density at radius 3 is 2.67 bits per heavy atom. The lowest BCUT2D eigenvalue weighted by Crippen LogP contribution is -2.16. The number of nitrogens with one attached hydrogen (secondary N) is 1. The average molecular weight is 281 g/mol. The summed E-state index contributed by atoms with van der Waals surface area (Å²) in [5, 5.41) is 11.4. The molecule has 21 heavy (non-hydrogen) atoms. The van der Waals surface area contributed by atoms with Crippen molar-refractivity contribution >= 4 is 11.8 Å². The van der Waals surface area contributed by atoms with Gasteiger partial charge in [0.25, 0.3) is 0 Å². The van der Waals surface area contributed by atoms with Crippen molar-refractivity contribution in [3.05, 3.63) is 59.7 Å². The fourth-order valence-electron chi connectivity index (χ4n) is 1.81. The van der Waals surface area contributed by atoms with E-state index in [-0.39, 0.29) is 0 Å². The second kappa shape index (κ2) is 7.08. The van der Waals surface area contributed by atoms with E-state index in [1.807, 2.05) is 18.2 Å². The van der Waals surface area contributed by atoms with E-state index in [0.29, 0.717) is 23.5 Å². The van der Waals surface area contributed by atoms with Crippen LogP contribution in [0.3, 0.4) is 0 Å². The van der Waals surface area contributed by atoms with Gasteiger partial charge in [-0.1, -0.05) is 18.2 Å². The Morgan fingerprint density at radius 1 is 1.24 bits per heavy atom. The van der Waals surface area contributed by atoms with Crippen LogP contribution in [0.15, 0.2) is 48.5 Å². The van der Waals surface area contributed by atoms with E-state index in [1.165, 1.54) is 0 Å². The lowest BCUT2D eigenvalue weighted by Gasteiger charge is -2.07. The number of hydrogen-bond donors (Lipinski definition) is 2. The zero-order chi connectivity index (χ0) is 15.1. The first kappa shape index (κ1) is 14.6. The van der Waals surface area contributed by atoms with E-state index < -0.39 is 6.09 Å². The maximum absolute atomic E-state index is 11.8. The molecular formula is C16H15N3O2. The number of ether oxygens (including phenoxy) is 1. The van der Waals surface area contributed by atoms with Crippen LogP contribution < -0.4 is 15.8 Å². The molecule has 0 fully saturated rings. The summed E-state index contributed by atoms with van der Waals surface area (Å²) in [6, 6.07) is 15.8. The van der Waals surface area contributed by atoms with E-state index in [9.17, 15) is 4.79 Å². The lowest BCUT2D eigenvalue weighted by atomic mass is 10.1. The second-order valence-corrected chi connectivity index (χ2v) is 4.39. The zero-order valence-electron chi connectivity index (χ0n) is 11.4. The molecule has 2 aromatic rings. The molecule has 3 N–H and O–H groups in total. The van der Waals surface area contributed by atoms with E-state index in [1.54, 1.807) is 36.4 Å². The molecule has 2 rings (SSSR count). The van der Waals surface area contributed by atoms with Crippen LogP contribution in [0.1, 0.15) is 11.1 Å². The van der Waals surface area contributed by atoms with Gasteiger partial charge in [-0.25, -0.2) is 4.79 Å². The Kier molecular flexibility index (Phi) is 4.91. The maximum Gasteiger partial charge on any atom is 0.417 e. The predicted molar refractivity (Wildman–Crippen MR) is 80.0 cm³/mol. The van der Waals surface area contributed by atoms with Crippen LogP contribution in [0.25, 0.3) is 0 Å². The number of amides is 1. The van der Waals surface area contributed by atoms with Crippen molar-refractivity contribution in [2.24, 2.45) is 5.73 Å². The highest BCUT2D eigenvalue weighted by Crippen LogP contribution is 2.14. The fourth-order valence-corrected chi connectivity index (χ4v) is 1.81. The summed E-state index contributed by atoms with van der Waals surface area (Å²) < 4.78 is 5.16. The molecule has 5 nitrogen and oxygen atoms in total. The molecule has 0 bridgehead atoms. The molecule has 0 aromatic heterocycles. The van der Waals surface area contributed by atoms with Crippen molar-refractivity contribution in [1.82, 2.24) is 0 Å². The number of anilines is 1. The van der Waals surface area contributed by atoms with Gasteiger partial charge in [0.05, 0.1) is 11.6 Å². The van der Waals surface area contributed by atoms with Gasteiger partial charge in [0.1, 0.15) is 5.75 Å². The van der Waals surface area contributed by atoms with Crippen LogP contribution >= 0.6 is 0 Å². The Labute approximate surface area is 123 Å². The van der Waals surface area contributed by atoms with Crippen molar-refractivity contribution in [2.45, 2.75) is 6.42 Å². The summed E-state index contributed by atoms with van der Waals surface area (Å²) in [6.45, 7) is 0.579. The molecular weight excluding hydrogens is 266 g/mol. The smallest absolute Gasteiger partial charge is 0.410 e. The number of carbonyl (C=O) groups excluding carboxylic acids is 1. The molecule has 2 aromatic carbocycles. The third kappa shape index (κ3) is 4.34. The van der Waals surface area contributed by atoms with E-state index in [2.05, 4.69) is 5.32 Å². The first-order valence-corrected chi connectivity index (χ1v) is 6.49. The molecule has 0 saturated heterocycles. The summed E-state index contributed by atoms with van der Waals surface area (Å²) in [5.41, 5.74) is 7.54. The second-order valence-electron chi connectivity index (χ2n) is 4.39. The minimum Gasteiger partial charge on any atom is -0.410 e.